The number of phosphoric acid groups is 3. The number of nitrogens with zero attached hydrogens (tertiary/aromatic N) is 4. The monoisotopic (exact) mass is 1040 g/mol. The zero-order valence-corrected chi connectivity index (χ0v) is 41.4. The fourth-order valence-corrected chi connectivity index (χ4v) is 9.86. The number of aliphatic hydroxyl groups is 3. The number of phosphoric ester groups is 3. The van der Waals surface area contributed by atoms with E-state index in [-0.39, 0.29) is 53.8 Å². The lowest BCUT2D eigenvalue weighted by molar-refractivity contribution is -0.137. The average Bonchev–Trinajstić information content (AvgIpc) is 3.82. The minimum absolute atomic E-state index is 0.000178. The van der Waals surface area contributed by atoms with Crippen LogP contribution in [0.3, 0.4) is 0 Å². The van der Waals surface area contributed by atoms with Gasteiger partial charge in [-0.15, -0.1) is 0 Å². The molecule has 11 N–H and O–H groups in total. The largest absolute Gasteiger partial charge is 0.481 e. The van der Waals surface area contributed by atoms with E-state index in [4.69, 9.17) is 19.5 Å². The van der Waals surface area contributed by atoms with Crippen LogP contribution in [-0.2, 0) is 50.7 Å². The highest BCUT2D eigenvalue weighted by molar-refractivity contribution is 8.13. The molecule has 2 amide bonds. The van der Waals surface area contributed by atoms with Gasteiger partial charge < -0.3 is 56.0 Å². The Kier molecular flexibility index (Phi) is 24.8. The third-order valence-electron chi connectivity index (χ3n) is 9.86. The molecule has 2 aromatic rings. The van der Waals surface area contributed by atoms with Crippen molar-refractivity contribution in [2.45, 2.75) is 122 Å². The van der Waals surface area contributed by atoms with E-state index >= 15 is 0 Å². The third-order valence-corrected chi connectivity index (χ3v) is 13.9. The van der Waals surface area contributed by atoms with Crippen molar-refractivity contribution in [1.29, 1.82) is 0 Å². The van der Waals surface area contributed by atoms with Crippen molar-refractivity contribution in [2.75, 3.05) is 37.8 Å². The Hall–Kier alpha value is -3.26. The van der Waals surface area contributed by atoms with Gasteiger partial charge in [0, 0.05) is 37.1 Å². The number of unbranched alkanes of at least 4 members (excludes halogenated alkanes) is 3. The fraction of sp³-hybridized carbons (Fsp3) is 0.641. The number of thioether (sulfide) groups is 1. The molecule has 25 nitrogen and oxygen atoms in total. The topological polar surface area (TPSA) is 384 Å². The van der Waals surface area contributed by atoms with Crippen LogP contribution in [0.1, 0.15) is 91.2 Å². The molecule has 0 aromatic carbocycles. The van der Waals surface area contributed by atoms with Gasteiger partial charge in [0.2, 0.25) is 11.8 Å². The molecule has 0 saturated carbocycles. The number of carbonyl (C=O) groups is 3. The Morgan fingerprint density at radius 2 is 1.62 bits per heavy atom. The molecule has 1 saturated heterocycles. The van der Waals surface area contributed by atoms with Crippen LogP contribution >= 0.6 is 35.2 Å². The number of nitrogens with two attached hydrogens (primary N) is 1. The molecule has 1 aliphatic heterocycles. The molecule has 29 heteroatoms. The average molecular weight is 1040 g/mol. The number of aromatic nitrogens is 4. The van der Waals surface area contributed by atoms with Gasteiger partial charge in [0.05, 0.1) is 25.6 Å². The molecule has 0 radical (unpaired) electrons. The van der Waals surface area contributed by atoms with Gasteiger partial charge in [0.1, 0.15) is 36.3 Å². The zero-order chi connectivity index (χ0) is 50.5. The lowest BCUT2D eigenvalue weighted by Gasteiger charge is -2.30. The van der Waals surface area contributed by atoms with E-state index in [1.807, 2.05) is 0 Å². The summed E-state index contributed by atoms with van der Waals surface area (Å²) in [5.74, 6) is -1.25. The van der Waals surface area contributed by atoms with E-state index in [0.29, 0.717) is 6.42 Å². The predicted molar refractivity (Wildman–Crippen MR) is 248 cm³/mol. The van der Waals surface area contributed by atoms with Crippen molar-refractivity contribution in [1.82, 2.24) is 30.2 Å². The van der Waals surface area contributed by atoms with Gasteiger partial charge in [-0.05, 0) is 38.5 Å². The highest BCUT2D eigenvalue weighted by Crippen LogP contribution is 2.61. The highest BCUT2D eigenvalue weighted by Gasteiger charge is 2.50. The summed E-state index contributed by atoms with van der Waals surface area (Å²) in [5.41, 5.74) is 4.24. The molecule has 1 aliphatic rings. The summed E-state index contributed by atoms with van der Waals surface area (Å²) < 4.78 is 62.4. The van der Waals surface area contributed by atoms with Crippen LogP contribution in [0.4, 0.5) is 5.82 Å². The summed E-state index contributed by atoms with van der Waals surface area (Å²) in [7, 11) is -16.4. The van der Waals surface area contributed by atoms with Crippen LogP contribution < -0.4 is 16.4 Å². The Bertz CT molecular complexity index is 2180. The first-order chi connectivity index (χ1) is 31.9. The quantitative estimate of drug-likeness (QED) is 0.0286. The summed E-state index contributed by atoms with van der Waals surface area (Å²) in [5, 5.41) is 36.5. The fourth-order valence-electron chi connectivity index (χ4n) is 6.29. The van der Waals surface area contributed by atoms with Gasteiger partial charge in [-0.3, -0.25) is 32.5 Å². The van der Waals surface area contributed by atoms with Gasteiger partial charge in [0.25, 0.3) is 0 Å². The Balaban J connectivity index is 1.33. The van der Waals surface area contributed by atoms with Crippen molar-refractivity contribution in [2.24, 2.45) is 5.41 Å². The number of nitrogen functional groups attached to an aromatic ring is 1. The second-order valence-corrected chi connectivity index (χ2v) is 21.5. The number of allylic oxidation sites excluding steroid dienone is 6. The molecule has 384 valence electrons. The van der Waals surface area contributed by atoms with E-state index in [9.17, 15) is 63.0 Å². The molecule has 68 heavy (non-hydrogen) atoms. The minimum Gasteiger partial charge on any atom is -0.393 e. The van der Waals surface area contributed by atoms with Gasteiger partial charge in [0.15, 0.2) is 22.8 Å². The molecule has 2 aromatic heterocycles. The third kappa shape index (κ3) is 21.4. The number of amides is 2. The standard InChI is InChI=1S/C39H64N7O18P3S/c1-4-5-6-7-8-9-10-11-12-13-14-15-16-17-27(47)22-30(49)68-21-20-41-29(48)18-19-42-37(52)34(51)39(2,3)24-61-67(58,59)64-66(56,57)60-23-28-33(63-65(53,54)55)32(50)38(62-28)46-26-45-31-35(40)43-25-44-36(31)46/h5-6,8-9,11-12,25-28,32-34,38,47,50-51H,4,7,10,13-24H2,1-3H3,(H,41,48)(H,42,52)(H,56,57)(H,58,59)(H2,40,43,44)(H2,53,54,55)/b6-5-,9-8-,12-11-/t27-,28+,32+,33+,34-,38+/m0/s1. The number of hydrogen-bond acceptors (Lipinski definition) is 19. The first-order valence-corrected chi connectivity index (χ1v) is 27.1. The van der Waals surface area contributed by atoms with Crippen LogP contribution in [0.5, 0.6) is 0 Å². The summed E-state index contributed by atoms with van der Waals surface area (Å²) in [6.07, 6.45) is 12.2. The van der Waals surface area contributed by atoms with Crippen LogP contribution in [0.2, 0.25) is 0 Å². The highest BCUT2D eigenvalue weighted by atomic mass is 32.2. The number of rotatable bonds is 32. The molecule has 1 fully saturated rings. The number of imidazole rings is 1. The van der Waals surface area contributed by atoms with Crippen molar-refractivity contribution in [3.63, 3.8) is 0 Å². The zero-order valence-electron chi connectivity index (χ0n) is 37.9. The van der Waals surface area contributed by atoms with Crippen molar-refractivity contribution in [3.05, 3.63) is 49.1 Å². The summed E-state index contributed by atoms with van der Waals surface area (Å²) in [6, 6.07) is 0. The maximum atomic E-state index is 12.7. The van der Waals surface area contributed by atoms with Crippen LogP contribution in [-0.4, -0.2) is 134 Å². The lowest BCUT2D eigenvalue weighted by Crippen LogP contribution is -2.46. The summed E-state index contributed by atoms with van der Waals surface area (Å²) in [4.78, 5) is 88.4. The van der Waals surface area contributed by atoms with E-state index in [1.54, 1.807) is 0 Å². The Labute approximate surface area is 397 Å². The normalized spacial score (nSPS) is 20.8. The number of aliphatic hydroxyl groups excluding tert-OH is 3. The maximum absolute atomic E-state index is 12.7. The van der Waals surface area contributed by atoms with E-state index in [2.05, 4.69) is 77.8 Å². The minimum atomic E-state index is -5.59. The van der Waals surface area contributed by atoms with E-state index in [1.165, 1.54) is 13.8 Å². The number of anilines is 1. The van der Waals surface area contributed by atoms with Crippen LogP contribution in [0.15, 0.2) is 49.1 Å². The molecular weight excluding hydrogens is 979 g/mol. The van der Waals surface area contributed by atoms with Gasteiger partial charge in [-0.1, -0.05) is 81.8 Å². The molecule has 3 rings (SSSR count). The lowest BCUT2D eigenvalue weighted by atomic mass is 9.87. The molecule has 0 spiro atoms. The van der Waals surface area contributed by atoms with Crippen molar-refractivity contribution < 1.29 is 85.6 Å². The van der Waals surface area contributed by atoms with Crippen molar-refractivity contribution >= 4 is 69.1 Å². The van der Waals surface area contributed by atoms with Gasteiger partial charge >= 0.3 is 23.5 Å². The predicted octanol–water partition coefficient (Wildman–Crippen LogP) is 3.23. The smallest absolute Gasteiger partial charge is 0.393 e. The molecule has 2 unspecified atom stereocenters. The van der Waals surface area contributed by atoms with Gasteiger partial charge in [-0.25, -0.2) is 28.6 Å². The van der Waals surface area contributed by atoms with Crippen LogP contribution in [0, 0.1) is 5.41 Å². The summed E-state index contributed by atoms with van der Waals surface area (Å²) >= 11 is 0.982. The molecule has 0 aliphatic carbocycles. The Morgan fingerprint density at radius 3 is 2.31 bits per heavy atom. The first kappa shape index (κ1) is 59.1. The molecule has 8 atom stereocenters. The SMILES string of the molecule is CC/C=C\C/C=C\C/C=C\CCCCC[C@H](O)CC(=O)SCCNC(=O)CCNC(=O)[C@H](O)C(C)(C)COP(=O)(O)OP(=O)(O)OC[C@H]1O[C@@H](n2cnc3c(N)ncnc32)[C@H](O)[C@@H]1OP(=O)(O)O. The second kappa shape index (κ2) is 28.6. The molecular formula is C39H64N7O18P3S. The Morgan fingerprint density at radius 1 is 0.941 bits per heavy atom. The second-order valence-electron chi connectivity index (χ2n) is 16.1. The number of hydrogen-bond donors (Lipinski definition) is 10. The number of fused-ring (bicyclic) bond motifs is 1. The molecule has 3 heterocycles. The number of ether oxygens (including phenoxy) is 1. The van der Waals surface area contributed by atoms with Gasteiger partial charge in [-0.2, -0.15) is 4.31 Å². The number of nitrogens with one attached hydrogen (secondary N) is 2. The summed E-state index contributed by atoms with van der Waals surface area (Å²) in [6.45, 7) is 2.47. The first-order valence-electron chi connectivity index (χ1n) is 21.6. The maximum Gasteiger partial charge on any atom is 0.481 e. The van der Waals surface area contributed by atoms with E-state index < -0.39 is 90.7 Å². The molecule has 0 bridgehead atoms. The number of carbonyl (C=O) groups excluding carboxylic acids is 3. The van der Waals surface area contributed by atoms with Crippen molar-refractivity contribution in [3.8, 4) is 0 Å². The van der Waals surface area contributed by atoms with Crippen LogP contribution in [0.25, 0.3) is 11.2 Å². The van der Waals surface area contributed by atoms with E-state index in [0.717, 1.165) is 73.9 Å².